The molecule has 1 amide bonds. The van der Waals surface area contributed by atoms with E-state index in [4.69, 9.17) is 25.8 Å². The quantitative estimate of drug-likeness (QED) is 0.636. The van der Waals surface area contributed by atoms with Crippen molar-refractivity contribution < 1.29 is 19.0 Å². The Kier molecular flexibility index (Phi) is 7.11. The van der Waals surface area contributed by atoms with Gasteiger partial charge in [-0.2, -0.15) is 0 Å². The Labute approximate surface area is 195 Å². The minimum Gasteiger partial charge on any atom is -0.493 e. The molecule has 172 valence electrons. The van der Waals surface area contributed by atoms with Crippen LogP contribution in [0.5, 0.6) is 11.5 Å². The summed E-state index contributed by atoms with van der Waals surface area (Å²) in [6.45, 7) is 4.60. The number of methoxy groups -OCH3 is 2. The zero-order chi connectivity index (χ0) is 22.7. The lowest BCUT2D eigenvalue weighted by Gasteiger charge is -2.45. The normalized spacial score (nSPS) is 19.4. The molecule has 2 aliphatic heterocycles. The highest BCUT2D eigenvalue weighted by molar-refractivity contribution is 6.30. The number of ether oxygens (including phenoxy) is 3. The van der Waals surface area contributed by atoms with Crippen LogP contribution in [0, 0.1) is 0 Å². The van der Waals surface area contributed by atoms with Gasteiger partial charge in [0.1, 0.15) is 0 Å². The van der Waals surface area contributed by atoms with Crippen molar-refractivity contribution in [2.24, 2.45) is 0 Å². The third-order valence-corrected chi connectivity index (χ3v) is 6.77. The van der Waals surface area contributed by atoms with Gasteiger partial charge in [-0.1, -0.05) is 23.7 Å². The number of rotatable bonds is 5. The second-order valence-corrected chi connectivity index (χ2v) is 8.70. The van der Waals surface area contributed by atoms with Gasteiger partial charge in [-0.3, -0.25) is 4.90 Å². The average molecular weight is 459 g/mol. The lowest BCUT2D eigenvalue weighted by molar-refractivity contribution is 0.0620. The first kappa shape index (κ1) is 22.7. The average Bonchev–Trinajstić information content (AvgIpc) is 2.82. The number of benzene rings is 2. The van der Waals surface area contributed by atoms with Gasteiger partial charge in [0.05, 0.1) is 26.9 Å². The summed E-state index contributed by atoms with van der Waals surface area (Å²) in [4.78, 5) is 16.5. The van der Waals surface area contributed by atoms with Gasteiger partial charge < -0.3 is 19.1 Å². The van der Waals surface area contributed by atoms with Crippen molar-refractivity contribution in [1.29, 1.82) is 0 Å². The van der Waals surface area contributed by atoms with Crippen LogP contribution >= 0.6 is 11.6 Å². The van der Waals surface area contributed by atoms with Gasteiger partial charge in [-0.15, -0.1) is 0 Å². The van der Waals surface area contributed by atoms with Gasteiger partial charge in [0, 0.05) is 30.7 Å². The van der Waals surface area contributed by atoms with E-state index in [0.717, 1.165) is 42.3 Å². The molecule has 2 aromatic carbocycles. The summed E-state index contributed by atoms with van der Waals surface area (Å²) < 4.78 is 16.4. The first-order chi connectivity index (χ1) is 15.5. The van der Waals surface area contributed by atoms with Crippen molar-refractivity contribution in [3.05, 3.63) is 58.1 Å². The van der Waals surface area contributed by atoms with Crippen LogP contribution in [0.4, 0.5) is 4.79 Å². The topological polar surface area (TPSA) is 51.2 Å². The summed E-state index contributed by atoms with van der Waals surface area (Å²) in [7, 11) is 3.34. The maximum atomic E-state index is 12.1. The predicted molar refractivity (Wildman–Crippen MR) is 125 cm³/mol. The molecular formula is C25H31ClN2O4. The molecule has 1 atom stereocenters. The van der Waals surface area contributed by atoms with Crippen LogP contribution in [0.15, 0.2) is 36.4 Å². The number of hydrogen-bond acceptors (Lipinski definition) is 5. The van der Waals surface area contributed by atoms with Gasteiger partial charge in [0.2, 0.25) is 0 Å². The number of carbonyl (C=O) groups excluding carboxylic acids is 1. The molecule has 7 heteroatoms. The molecule has 1 saturated heterocycles. The summed E-state index contributed by atoms with van der Waals surface area (Å²) in [5, 5.41) is 0.729. The maximum absolute atomic E-state index is 12.1. The van der Waals surface area contributed by atoms with E-state index in [1.54, 1.807) is 14.2 Å². The van der Waals surface area contributed by atoms with E-state index in [9.17, 15) is 4.79 Å². The van der Waals surface area contributed by atoms with Crippen molar-refractivity contribution in [1.82, 2.24) is 9.80 Å². The molecule has 32 heavy (non-hydrogen) atoms. The zero-order valence-electron chi connectivity index (χ0n) is 19.0. The number of hydrogen-bond donors (Lipinski definition) is 0. The van der Waals surface area contributed by atoms with Crippen LogP contribution in [0.3, 0.4) is 0 Å². The first-order valence-corrected chi connectivity index (χ1v) is 11.6. The van der Waals surface area contributed by atoms with Crippen molar-refractivity contribution >= 4 is 17.7 Å². The van der Waals surface area contributed by atoms with Crippen LogP contribution in [-0.4, -0.2) is 62.4 Å². The highest BCUT2D eigenvalue weighted by Gasteiger charge is 2.36. The molecule has 0 saturated carbocycles. The lowest BCUT2D eigenvalue weighted by Crippen LogP contribution is -2.50. The molecule has 0 bridgehead atoms. The molecule has 1 fully saturated rings. The Morgan fingerprint density at radius 3 is 2.44 bits per heavy atom. The number of fused-ring (bicyclic) bond motifs is 1. The second-order valence-electron chi connectivity index (χ2n) is 8.27. The Bertz CT molecular complexity index is 959. The van der Waals surface area contributed by atoms with Crippen LogP contribution in [0.25, 0.3) is 0 Å². The molecular weight excluding hydrogens is 428 g/mol. The summed E-state index contributed by atoms with van der Waals surface area (Å²) in [6, 6.07) is 12.8. The van der Waals surface area contributed by atoms with E-state index < -0.39 is 0 Å². The lowest BCUT2D eigenvalue weighted by atomic mass is 9.85. The molecule has 2 aromatic rings. The fourth-order valence-corrected chi connectivity index (χ4v) is 5.20. The van der Waals surface area contributed by atoms with E-state index in [1.165, 1.54) is 16.7 Å². The SMILES string of the molecule is CCOC(=O)N1CCC(N2CCc3cc(OC)c(OC)cc3[C@@H]2c2cccc(Cl)c2)CC1. The molecule has 2 aliphatic rings. The summed E-state index contributed by atoms with van der Waals surface area (Å²) in [5.41, 5.74) is 3.66. The van der Waals surface area contributed by atoms with Gasteiger partial charge in [-0.05, 0) is 67.1 Å². The van der Waals surface area contributed by atoms with E-state index in [1.807, 2.05) is 24.0 Å². The molecule has 4 rings (SSSR count). The Hall–Kier alpha value is -2.44. The van der Waals surface area contributed by atoms with Gasteiger partial charge in [-0.25, -0.2) is 4.79 Å². The minimum atomic E-state index is -0.210. The Morgan fingerprint density at radius 1 is 1.06 bits per heavy atom. The van der Waals surface area contributed by atoms with Crippen molar-refractivity contribution in [2.75, 3.05) is 40.5 Å². The standard InChI is InChI=1S/C25H31ClN2O4/c1-4-32-25(29)27-11-9-20(10-12-27)28-13-8-17-15-22(30-2)23(31-3)16-21(17)24(28)18-6-5-7-19(26)14-18/h5-7,14-16,20,24H,4,8-13H2,1-3H3/t24-/m0/s1. The molecule has 0 radical (unpaired) electrons. The van der Waals surface area contributed by atoms with Gasteiger partial charge in [0.15, 0.2) is 11.5 Å². The fourth-order valence-electron chi connectivity index (χ4n) is 5.00. The highest BCUT2D eigenvalue weighted by Crippen LogP contribution is 2.43. The van der Waals surface area contributed by atoms with Crippen molar-refractivity contribution in [2.45, 2.75) is 38.3 Å². The summed E-state index contributed by atoms with van der Waals surface area (Å²) in [6.07, 6.45) is 2.56. The zero-order valence-corrected chi connectivity index (χ0v) is 19.7. The van der Waals surface area contributed by atoms with Crippen LogP contribution < -0.4 is 9.47 Å². The number of amides is 1. The van der Waals surface area contributed by atoms with E-state index >= 15 is 0 Å². The molecule has 0 aliphatic carbocycles. The molecule has 0 N–H and O–H groups in total. The second kappa shape index (κ2) is 10.0. The predicted octanol–water partition coefficient (Wildman–Crippen LogP) is 4.93. The van der Waals surface area contributed by atoms with Gasteiger partial charge in [0.25, 0.3) is 0 Å². The van der Waals surface area contributed by atoms with Crippen LogP contribution in [0.2, 0.25) is 5.02 Å². The third kappa shape index (κ3) is 4.52. The number of likely N-dealkylation sites (tertiary alicyclic amines) is 1. The highest BCUT2D eigenvalue weighted by atomic mass is 35.5. The molecule has 2 heterocycles. The van der Waals surface area contributed by atoms with Crippen LogP contribution in [0.1, 0.15) is 42.5 Å². The van der Waals surface area contributed by atoms with Crippen LogP contribution in [-0.2, 0) is 11.2 Å². The molecule has 0 spiro atoms. The largest absolute Gasteiger partial charge is 0.493 e. The first-order valence-electron chi connectivity index (χ1n) is 11.2. The number of halogens is 1. The number of nitrogens with zero attached hydrogens (tertiary/aromatic N) is 2. The summed E-state index contributed by atoms with van der Waals surface area (Å²) >= 11 is 6.39. The van der Waals surface area contributed by atoms with E-state index in [0.29, 0.717) is 25.7 Å². The number of carbonyl (C=O) groups is 1. The minimum absolute atomic E-state index is 0.0661. The monoisotopic (exact) mass is 458 g/mol. The molecule has 0 unspecified atom stereocenters. The molecule has 6 nitrogen and oxygen atoms in total. The smallest absolute Gasteiger partial charge is 0.409 e. The third-order valence-electron chi connectivity index (χ3n) is 6.53. The Balaban J connectivity index is 1.67. The summed E-state index contributed by atoms with van der Waals surface area (Å²) in [5.74, 6) is 1.49. The molecule has 0 aromatic heterocycles. The van der Waals surface area contributed by atoms with E-state index in [2.05, 4.69) is 29.2 Å². The Morgan fingerprint density at radius 2 is 1.78 bits per heavy atom. The maximum Gasteiger partial charge on any atom is 0.409 e. The van der Waals surface area contributed by atoms with Crippen molar-refractivity contribution in [3.8, 4) is 11.5 Å². The van der Waals surface area contributed by atoms with Gasteiger partial charge >= 0.3 is 6.09 Å². The fraction of sp³-hybridized carbons (Fsp3) is 0.480. The number of piperidine rings is 1. The van der Waals surface area contributed by atoms with E-state index in [-0.39, 0.29) is 12.1 Å². The van der Waals surface area contributed by atoms with Crippen molar-refractivity contribution in [3.63, 3.8) is 0 Å².